The molecule has 4 heteroatoms. The number of nitrogens with one attached hydrogen (secondary N) is 1. The zero-order chi connectivity index (χ0) is 14.3. The molecule has 1 saturated heterocycles. The Morgan fingerprint density at radius 3 is 2.74 bits per heavy atom. The molecule has 0 spiro atoms. The Kier molecular flexibility index (Phi) is 6.30. The second-order valence-corrected chi connectivity index (χ2v) is 6.56. The molecule has 0 saturated carbocycles. The highest BCUT2D eigenvalue weighted by molar-refractivity contribution is 5.76. The number of hydrogen-bond donors (Lipinski definition) is 1. The highest BCUT2D eigenvalue weighted by Gasteiger charge is 2.26. The molecular formula is C15H27N3O. The minimum absolute atomic E-state index is 0.196. The molecule has 0 aliphatic carbocycles. The topological polar surface area (TPSA) is 56.1 Å². The van der Waals surface area contributed by atoms with Gasteiger partial charge in [0.1, 0.15) is 0 Å². The van der Waals surface area contributed by atoms with Crippen LogP contribution < -0.4 is 5.32 Å². The molecule has 1 amide bonds. The largest absolute Gasteiger partial charge is 0.338 e. The van der Waals surface area contributed by atoms with Crippen LogP contribution in [0, 0.1) is 16.7 Å². The molecule has 1 fully saturated rings. The summed E-state index contributed by atoms with van der Waals surface area (Å²) in [5.74, 6) is 0.251. The maximum absolute atomic E-state index is 12.4. The van der Waals surface area contributed by atoms with Gasteiger partial charge in [-0.1, -0.05) is 20.8 Å². The van der Waals surface area contributed by atoms with Crippen molar-refractivity contribution in [2.45, 2.75) is 58.9 Å². The van der Waals surface area contributed by atoms with Crippen molar-refractivity contribution in [3.8, 4) is 6.07 Å². The highest BCUT2D eigenvalue weighted by atomic mass is 16.2. The molecule has 0 bridgehead atoms. The first kappa shape index (κ1) is 16.0. The summed E-state index contributed by atoms with van der Waals surface area (Å²) in [6, 6.07) is 2.48. The molecule has 19 heavy (non-hydrogen) atoms. The van der Waals surface area contributed by atoms with Gasteiger partial charge in [0.15, 0.2) is 0 Å². The third-order valence-corrected chi connectivity index (χ3v) is 3.57. The number of carbonyl (C=O) groups is 1. The summed E-state index contributed by atoms with van der Waals surface area (Å²) in [7, 11) is 0. The van der Waals surface area contributed by atoms with Gasteiger partial charge in [-0.3, -0.25) is 4.79 Å². The SMILES string of the molecule is CC(C)(C)CCC(=O)N(CCCC#N)C1CCNC1. The van der Waals surface area contributed by atoms with E-state index < -0.39 is 0 Å². The second kappa shape index (κ2) is 7.49. The Bertz CT molecular complexity index is 321. The van der Waals surface area contributed by atoms with Gasteiger partial charge >= 0.3 is 0 Å². The molecular weight excluding hydrogens is 238 g/mol. The zero-order valence-electron chi connectivity index (χ0n) is 12.5. The third-order valence-electron chi connectivity index (χ3n) is 3.57. The zero-order valence-corrected chi connectivity index (χ0v) is 12.5. The second-order valence-electron chi connectivity index (χ2n) is 6.56. The third kappa shape index (κ3) is 6.07. The van der Waals surface area contributed by atoms with Gasteiger partial charge in [0.05, 0.1) is 6.07 Å². The van der Waals surface area contributed by atoms with Crippen molar-refractivity contribution in [3.63, 3.8) is 0 Å². The first-order valence-corrected chi connectivity index (χ1v) is 7.31. The van der Waals surface area contributed by atoms with Crippen LogP contribution in [0.4, 0.5) is 0 Å². The lowest BCUT2D eigenvalue weighted by atomic mass is 9.90. The van der Waals surface area contributed by atoms with Gasteiger partial charge in [-0.15, -0.1) is 0 Å². The molecule has 1 atom stereocenters. The van der Waals surface area contributed by atoms with Crippen LogP contribution in [-0.4, -0.2) is 36.5 Å². The van der Waals surface area contributed by atoms with Gasteiger partial charge in [0.2, 0.25) is 5.91 Å². The fourth-order valence-electron chi connectivity index (χ4n) is 2.37. The van der Waals surface area contributed by atoms with Crippen LogP contribution >= 0.6 is 0 Å². The number of unbranched alkanes of at least 4 members (excludes halogenated alkanes) is 1. The maximum atomic E-state index is 12.4. The van der Waals surface area contributed by atoms with Crippen LogP contribution in [0.2, 0.25) is 0 Å². The van der Waals surface area contributed by atoms with Gasteiger partial charge in [0, 0.05) is 32.0 Å². The van der Waals surface area contributed by atoms with Gasteiger partial charge in [-0.05, 0) is 31.2 Å². The molecule has 1 N–H and O–H groups in total. The van der Waals surface area contributed by atoms with Crippen molar-refractivity contribution in [2.24, 2.45) is 5.41 Å². The van der Waals surface area contributed by atoms with E-state index in [-0.39, 0.29) is 11.3 Å². The Morgan fingerprint density at radius 1 is 1.47 bits per heavy atom. The Labute approximate surface area is 117 Å². The van der Waals surface area contributed by atoms with E-state index in [1.165, 1.54) is 0 Å². The number of hydrogen-bond acceptors (Lipinski definition) is 3. The average molecular weight is 265 g/mol. The van der Waals surface area contributed by atoms with E-state index in [4.69, 9.17) is 5.26 Å². The standard InChI is InChI=1S/C15H27N3O/c1-15(2,3)8-6-14(19)18(11-5-4-9-16)13-7-10-17-12-13/h13,17H,4-8,10-12H2,1-3H3. The van der Waals surface area contributed by atoms with E-state index in [0.29, 0.717) is 18.9 Å². The van der Waals surface area contributed by atoms with Crippen LogP contribution in [0.25, 0.3) is 0 Å². The number of nitriles is 1. The summed E-state index contributed by atoms with van der Waals surface area (Å²) >= 11 is 0. The van der Waals surface area contributed by atoms with Crippen LogP contribution in [0.1, 0.15) is 52.9 Å². The Balaban J connectivity index is 2.51. The van der Waals surface area contributed by atoms with Gasteiger partial charge < -0.3 is 10.2 Å². The quantitative estimate of drug-likeness (QED) is 0.750. The highest BCUT2D eigenvalue weighted by Crippen LogP contribution is 2.22. The normalized spacial score (nSPS) is 19.2. The monoisotopic (exact) mass is 265 g/mol. The smallest absolute Gasteiger partial charge is 0.222 e. The van der Waals surface area contributed by atoms with E-state index in [0.717, 1.165) is 38.9 Å². The summed E-state index contributed by atoms with van der Waals surface area (Å²) in [5.41, 5.74) is 0.196. The van der Waals surface area contributed by atoms with Crippen LogP contribution in [0.5, 0.6) is 0 Å². The molecule has 1 heterocycles. The molecule has 1 aliphatic heterocycles. The summed E-state index contributed by atoms with van der Waals surface area (Å²) < 4.78 is 0. The number of carbonyl (C=O) groups excluding carboxylic acids is 1. The van der Waals surface area contributed by atoms with E-state index in [9.17, 15) is 4.79 Å². The lowest BCUT2D eigenvalue weighted by Gasteiger charge is -2.29. The molecule has 0 radical (unpaired) electrons. The molecule has 4 nitrogen and oxygen atoms in total. The first-order chi connectivity index (χ1) is 8.94. The van der Waals surface area contributed by atoms with E-state index in [1.54, 1.807) is 0 Å². The Hall–Kier alpha value is -1.08. The van der Waals surface area contributed by atoms with E-state index in [2.05, 4.69) is 32.2 Å². The summed E-state index contributed by atoms with van der Waals surface area (Å²) in [5, 5.41) is 11.9. The van der Waals surface area contributed by atoms with E-state index in [1.807, 2.05) is 4.90 Å². The van der Waals surface area contributed by atoms with Crippen LogP contribution in [0.15, 0.2) is 0 Å². The van der Waals surface area contributed by atoms with Crippen molar-refractivity contribution < 1.29 is 4.79 Å². The first-order valence-electron chi connectivity index (χ1n) is 7.31. The lowest BCUT2D eigenvalue weighted by Crippen LogP contribution is -2.42. The number of nitrogens with zero attached hydrogens (tertiary/aromatic N) is 2. The van der Waals surface area contributed by atoms with Crippen molar-refractivity contribution in [3.05, 3.63) is 0 Å². The minimum Gasteiger partial charge on any atom is -0.338 e. The predicted molar refractivity (Wildman–Crippen MR) is 76.5 cm³/mol. The molecule has 1 rings (SSSR count). The summed E-state index contributed by atoms with van der Waals surface area (Å²) in [4.78, 5) is 14.4. The predicted octanol–water partition coefficient (Wildman–Crippen LogP) is 2.31. The summed E-state index contributed by atoms with van der Waals surface area (Å²) in [6.07, 6.45) is 3.89. The number of amides is 1. The lowest BCUT2D eigenvalue weighted by molar-refractivity contribution is -0.133. The molecule has 1 aliphatic rings. The maximum Gasteiger partial charge on any atom is 0.222 e. The minimum atomic E-state index is 0.196. The van der Waals surface area contributed by atoms with E-state index >= 15 is 0 Å². The average Bonchev–Trinajstić information content (AvgIpc) is 2.84. The fraction of sp³-hybridized carbons (Fsp3) is 0.867. The van der Waals surface area contributed by atoms with Crippen molar-refractivity contribution >= 4 is 5.91 Å². The molecule has 0 aromatic heterocycles. The molecule has 0 aromatic carbocycles. The van der Waals surface area contributed by atoms with Crippen molar-refractivity contribution in [1.29, 1.82) is 5.26 Å². The summed E-state index contributed by atoms with van der Waals surface area (Å²) in [6.45, 7) is 9.11. The van der Waals surface area contributed by atoms with Crippen LogP contribution in [0.3, 0.4) is 0 Å². The fourth-order valence-corrected chi connectivity index (χ4v) is 2.37. The van der Waals surface area contributed by atoms with Crippen molar-refractivity contribution in [1.82, 2.24) is 10.2 Å². The molecule has 0 aromatic rings. The molecule has 108 valence electrons. The van der Waals surface area contributed by atoms with Gasteiger partial charge in [0.25, 0.3) is 0 Å². The molecule has 1 unspecified atom stereocenters. The van der Waals surface area contributed by atoms with Gasteiger partial charge in [-0.25, -0.2) is 0 Å². The van der Waals surface area contributed by atoms with Crippen molar-refractivity contribution in [2.75, 3.05) is 19.6 Å². The number of rotatable bonds is 6. The Morgan fingerprint density at radius 2 is 2.21 bits per heavy atom. The van der Waals surface area contributed by atoms with Crippen LogP contribution in [-0.2, 0) is 4.79 Å². The van der Waals surface area contributed by atoms with Gasteiger partial charge in [-0.2, -0.15) is 5.26 Å².